The maximum Gasteiger partial charge on any atom is 0.185 e. The van der Waals surface area contributed by atoms with Crippen molar-refractivity contribution in [3.63, 3.8) is 0 Å². The number of nitriles is 1. The molecule has 1 fully saturated rings. The van der Waals surface area contributed by atoms with E-state index in [1.54, 1.807) is 16.7 Å². The number of thioether (sulfide) groups is 1. The summed E-state index contributed by atoms with van der Waals surface area (Å²) in [5.74, 6) is 0.973. The van der Waals surface area contributed by atoms with Gasteiger partial charge in [-0.05, 0) is 30.4 Å². The lowest BCUT2D eigenvalue weighted by molar-refractivity contribution is 0.559. The largest absolute Gasteiger partial charge is 0.257 e. The predicted octanol–water partition coefficient (Wildman–Crippen LogP) is 2.95. The molecular formula is C14H15N3S. The van der Waals surface area contributed by atoms with Crippen molar-refractivity contribution in [3.8, 4) is 6.19 Å². The van der Waals surface area contributed by atoms with Gasteiger partial charge in [0.05, 0.1) is 6.04 Å². The van der Waals surface area contributed by atoms with Crippen LogP contribution in [0.2, 0.25) is 0 Å². The molecule has 3 rings (SSSR count). The molecule has 1 aliphatic heterocycles. The van der Waals surface area contributed by atoms with Crippen LogP contribution in [0.25, 0.3) is 0 Å². The molecule has 3 nitrogen and oxygen atoms in total. The first kappa shape index (κ1) is 11.6. The molecule has 0 saturated carbocycles. The molecule has 92 valence electrons. The lowest BCUT2D eigenvalue weighted by atomic mass is 9.88. The highest BCUT2D eigenvalue weighted by Gasteiger charge is 2.24. The van der Waals surface area contributed by atoms with E-state index >= 15 is 0 Å². The molecule has 0 bridgehead atoms. The third-order valence-corrected chi connectivity index (χ3v) is 4.47. The first-order valence-electron chi connectivity index (χ1n) is 6.34. The summed E-state index contributed by atoms with van der Waals surface area (Å²) in [6.07, 6.45) is 5.66. The van der Waals surface area contributed by atoms with E-state index in [4.69, 9.17) is 10.3 Å². The molecule has 1 saturated heterocycles. The summed E-state index contributed by atoms with van der Waals surface area (Å²) < 4.78 is 0. The van der Waals surface area contributed by atoms with Crippen molar-refractivity contribution in [2.24, 2.45) is 4.99 Å². The maximum atomic E-state index is 9.04. The molecule has 1 atom stereocenters. The quantitative estimate of drug-likeness (QED) is 0.726. The minimum Gasteiger partial charge on any atom is -0.257 e. The van der Waals surface area contributed by atoms with Gasteiger partial charge in [-0.2, -0.15) is 5.26 Å². The maximum absolute atomic E-state index is 9.04. The number of aryl methyl sites for hydroxylation is 1. The Balaban J connectivity index is 1.91. The van der Waals surface area contributed by atoms with Crippen LogP contribution in [-0.4, -0.2) is 22.4 Å². The van der Waals surface area contributed by atoms with Gasteiger partial charge in [-0.3, -0.25) is 9.89 Å². The van der Waals surface area contributed by atoms with E-state index < -0.39 is 0 Å². The number of hydrogen-bond acceptors (Lipinski definition) is 3. The van der Waals surface area contributed by atoms with Crippen molar-refractivity contribution in [1.82, 2.24) is 4.90 Å². The smallest absolute Gasteiger partial charge is 0.185 e. The van der Waals surface area contributed by atoms with Crippen LogP contribution >= 0.6 is 11.8 Å². The Morgan fingerprint density at radius 1 is 1.39 bits per heavy atom. The molecule has 18 heavy (non-hydrogen) atoms. The summed E-state index contributed by atoms with van der Waals surface area (Å²) in [4.78, 5) is 6.52. The predicted molar refractivity (Wildman–Crippen MR) is 74.3 cm³/mol. The van der Waals surface area contributed by atoms with Crippen LogP contribution in [0.1, 0.15) is 30.0 Å². The molecule has 0 spiro atoms. The second kappa shape index (κ2) is 5.03. The number of hydrogen-bond donors (Lipinski definition) is 0. The van der Waals surface area contributed by atoms with Crippen LogP contribution < -0.4 is 0 Å². The monoisotopic (exact) mass is 257 g/mol. The molecular weight excluding hydrogens is 242 g/mol. The number of fused-ring (bicyclic) bond motifs is 1. The van der Waals surface area contributed by atoms with Gasteiger partial charge in [0.2, 0.25) is 0 Å². The molecule has 0 amide bonds. The fourth-order valence-electron chi connectivity index (χ4n) is 2.60. The molecule has 1 aliphatic carbocycles. The Labute approximate surface area is 112 Å². The highest BCUT2D eigenvalue weighted by molar-refractivity contribution is 8.14. The van der Waals surface area contributed by atoms with Gasteiger partial charge in [0.1, 0.15) is 0 Å². The normalized spacial score (nSPS) is 24.9. The van der Waals surface area contributed by atoms with Crippen LogP contribution in [0, 0.1) is 11.5 Å². The van der Waals surface area contributed by atoms with Gasteiger partial charge < -0.3 is 0 Å². The minimum absolute atomic E-state index is 0.242. The molecule has 1 aromatic rings. The van der Waals surface area contributed by atoms with Crippen molar-refractivity contribution in [2.45, 2.75) is 25.3 Å². The highest BCUT2D eigenvalue weighted by atomic mass is 32.2. The number of aliphatic imine (C=N–C) groups is 1. The number of rotatable bonds is 1. The zero-order valence-electron chi connectivity index (χ0n) is 10.2. The van der Waals surface area contributed by atoms with Crippen molar-refractivity contribution in [1.29, 1.82) is 5.26 Å². The Hall–Kier alpha value is -1.47. The van der Waals surface area contributed by atoms with E-state index in [1.807, 2.05) is 0 Å². The fourth-order valence-corrected chi connectivity index (χ4v) is 3.54. The van der Waals surface area contributed by atoms with Crippen LogP contribution in [0.15, 0.2) is 29.3 Å². The fraction of sp³-hybridized carbons (Fsp3) is 0.429. The molecule has 1 aromatic carbocycles. The molecule has 0 N–H and O–H groups in total. The summed E-state index contributed by atoms with van der Waals surface area (Å²) in [5, 5.41) is 9.94. The Bertz CT molecular complexity index is 518. The minimum atomic E-state index is 0.242. The average molecular weight is 257 g/mol. The van der Waals surface area contributed by atoms with E-state index in [0.29, 0.717) is 0 Å². The second-order valence-electron chi connectivity index (χ2n) is 4.62. The summed E-state index contributed by atoms with van der Waals surface area (Å²) in [6, 6.07) is 8.80. The lowest BCUT2D eigenvalue weighted by Gasteiger charge is -2.23. The molecule has 0 aromatic heterocycles. The number of benzene rings is 1. The first-order valence-corrected chi connectivity index (χ1v) is 7.33. The average Bonchev–Trinajstić information content (AvgIpc) is 2.86. The molecule has 1 heterocycles. The highest BCUT2D eigenvalue weighted by Crippen LogP contribution is 2.34. The Morgan fingerprint density at radius 3 is 3.17 bits per heavy atom. The van der Waals surface area contributed by atoms with Gasteiger partial charge >= 0.3 is 0 Å². The topological polar surface area (TPSA) is 39.4 Å². The third-order valence-electron chi connectivity index (χ3n) is 3.50. The molecule has 4 heteroatoms. The van der Waals surface area contributed by atoms with E-state index in [2.05, 4.69) is 30.5 Å². The van der Waals surface area contributed by atoms with Crippen molar-refractivity contribution >= 4 is 16.9 Å². The van der Waals surface area contributed by atoms with E-state index in [1.165, 1.54) is 17.5 Å². The van der Waals surface area contributed by atoms with Gasteiger partial charge in [-0.25, -0.2) is 0 Å². The zero-order chi connectivity index (χ0) is 12.4. The van der Waals surface area contributed by atoms with Gasteiger partial charge in [0.15, 0.2) is 11.4 Å². The van der Waals surface area contributed by atoms with Gasteiger partial charge in [-0.15, -0.1) is 0 Å². The number of amidine groups is 1. The lowest BCUT2D eigenvalue weighted by Crippen LogP contribution is -2.19. The standard InChI is InChI=1S/C14H15N3S/c15-10-17-8-9-18-14(17)16-13-7-3-5-11-4-1-2-6-12(11)13/h1-2,4,6,13H,3,5,7-9H2/b16-14-. The molecule has 0 radical (unpaired) electrons. The summed E-state index contributed by atoms with van der Waals surface area (Å²) in [7, 11) is 0. The van der Waals surface area contributed by atoms with Crippen LogP contribution in [0.3, 0.4) is 0 Å². The van der Waals surface area contributed by atoms with Gasteiger partial charge in [0, 0.05) is 12.3 Å². The number of nitrogens with zero attached hydrogens (tertiary/aromatic N) is 3. The van der Waals surface area contributed by atoms with Crippen LogP contribution in [0.4, 0.5) is 0 Å². The van der Waals surface area contributed by atoms with Crippen LogP contribution in [0.5, 0.6) is 0 Å². The zero-order valence-corrected chi connectivity index (χ0v) is 11.0. The van der Waals surface area contributed by atoms with Crippen LogP contribution in [-0.2, 0) is 6.42 Å². The molecule has 2 aliphatic rings. The van der Waals surface area contributed by atoms with Crippen molar-refractivity contribution in [3.05, 3.63) is 35.4 Å². The SMILES string of the molecule is N#CN1CCS/C1=N\C1CCCc2ccccc21. The van der Waals surface area contributed by atoms with Gasteiger partial charge in [-0.1, -0.05) is 36.0 Å². The Morgan fingerprint density at radius 2 is 2.28 bits per heavy atom. The van der Waals surface area contributed by atoms with E-state index in [0.717, 1.165) is 30.3 Å². The first-order chi connectivity index (χ1) is 8.88. The second-order valence-corrected chi connectivity index (χ2v) is 5.68. The summed E-state index contributed by atoms with van der Waals surface area (Å²) in [6.45, 7) is 0.800. The van der Waals surface area contributed by atoms with Crippen molar-refractivity contribution < 1.29 is 0 Å². The van der Waals surface area contributed by atoms with E-state index in [-0.39, 0.29) is 6.04 Å². The molecule has 1 unspecified atom stereocenters. The third kappa shape index (κ3) is 2.11. The summed E-state index contributed by atoms with van der Waals surface area (Å²) >= 11 is 1.70. The summed E-state index contributed by atoms with van der Waals surface area (Å²) in [5.41, 5.74) is 2.77. The van der Waals surface area contributed by atoms with E-state index in [9.17, 15) is 0 Å². The van der Waals surface area contributed by atoms with Gasteiger partial charge in [0.25, 0.3) is 0 Å². The Kier molecular flexibility index (Phi) is 3.24. The van der Waals surface area contributed by atoms with Crippen molar-refractivity contribution in [2.75, 3.05) is 12.3 Å².